The normalized spacial score (nSPS) is 16.7. The molecule has 0 fully saturated rings. The van der Waals surface area contributed by atoms with Crippen LogP contribution in [-0.2, 0) is 23.2 Å². The van der Waals surface area contributed by atoms with Crippen LogP contribution in [0, 0.1) is 11.2 Å². The number of benzene rings is 1. The SMILES string of the molecule is CC(C)(C)CNCC(C)(C)n1cnc(NC(=O)CNC2CCc3cc(F)cc(Cl)c3C2)c1. The molecular formula is C24H35ClFN5O. The zero-order valence-electron chi connectivity index (χ0n) is 19.7. The summed E-state index contributed by atoms with van der Waals surface area (Å²) >= 11 is 6.21. The Morgan fingerprint density at radius 3 is 2.72 bits per heavy atom. The van der Waals surface area contributed by atoms with Crippen LogP contribution in [0.5, 0.6) is 0 Å². The monoisotopic (exact) mass is 463 g/mol. The van der Waals surface area contributed by atoms with Gasteiger partial charge in [-0.15, -0.1) is 0 Å². The van der Waals surface area contributed by atoms with Gasteiger partial charge >= 0.3 is 0 Å². The number of rotatable bonds is 8. The Hall–Kier alpha value is -1.96. The van der Waals surface area contributed by atoms with Crippen LogP contribution in [0.4, 0.5) is 10.2 Å². The fraction of sp³-hybridized carbons (Fsp3) is 0.583. The summed E-state index contributed by atoms with van der Waals surface area (Å²) in [4.78, 5) is 16.8. The summed E-state index contributed by atoms with van der Waals surface area (Å²) in [6.07, 6.45) is 5.88. The third-order valence-corrected chi connectivity index (χ3v) is 6.12. The van der Waals surface area contributed by atoms with E-state index in [9.17, 15) is 9.18 Å². The predicted octanol–water partition coefficient (Wildman–Crippen LogP) is 4.13. The van der Waals surface area contributed by atoms with Gasteiger partial charge in [0.15, 0.2) is 5.82 Å². The third kappa shape index (κ3) is 6.77. The summed E-state index contributed by atoms with van der Waals surface area (Å²) < 4.78 is 15.6. The lowest BCUT2D eigenvalue weighted by atomic mass is 9.88. The van der Waals surface area contributed by atoms with Gasteiger partial charge in [-0.2, -0.15) is 0 Å². The summed E-state index contributed by atoms with van der Waals surface area (Å²) in [5, 5.41) is 10.1. The molecule has 3 rings (SSSR count). The molecule has 1 aliphatic rings. The van der Waals surface area contributed by atoms with E-state index in [1.807, 2.05) is 10.8 Å². The van der Waals surface area contributed by atoms with Gasteiger partial charge in [-0.05, 0) is 61.8 Å². The highest BCUT2D eigenvalue weighted by molar-refractivity contribution is 6.31. The highest BCUT2D eigenvalue weighted by Gasteiger charge is 2.23. The molecule has 32 heavy (non-hydrogen) atoms. The number of fused-ring (bicyclic) bond motifs is 1. The number of carbonyl (C=O) groups is 1. The van der Waals surface area contributed by atoms with Crippen molar-refractivity contribution in [1.29, 1.82) is 0 Å². The van der Waals surface area contributed by atoms with Crippen molar-refractivity contribution >= 4 is 23.3 Å². The van der Waals surface area contributed by atoms with Gasteiger partial charge in [-0.3, -0.25) is 4.79 Å². The second-order valence-electron chi connectivity index (χ2n) is 10.5. The van der Waals surface area contributed by atoms with E-state index >= 15 is 0 Å². The van der Waals surface area contributed by atoms with Crippen LogP contribution < -0.4 is 16.0 Å². The van der Waals surface area contributed by atoms with Crippen molar-refractivity contribution in [2.45, 2.75) is 65.5 Å². The third-order valence-electron chi connectivity index (χ3n) is 5.78. The minimum Gasteiger partial charge on any atom is -0.328 e. The molecule has 0 saturated carbocycles. The van der Waals surface area contributed by atoms with Crippen molar-refractivity contribution < 1.29 is 9.18 Å². The minimum atomic E-state index is -0.299. The lowest BCUT2D eigenvalue weighted by Gasteiger charge is -2.29. The van der Waals surface area contributed by atoms with Gasteiger partial charge in [0.05, 0.1) is 18.4 Å². The Morgan fingerprint density at radius 1 is 1.25 bits per heavy atom. The number of aromatic nitrogens is 2. The van der Waals surface area contributed by atoms with Crippen LogP contribution in [0.2, 0.25) is 5.02 Å². The molecule has 8 heteroatoms. The second kappa shape index (κ2) is 9.89. The second-order valence-corrected chi connectivity index (χ2v) is 10.9. The van der Waals surface area contributed by atoms with Crippen molar-refractivity contribution in [3.63, 3.8) is 0 Å². The van der Waals surface area contributed by atoms with Gasteiger partial charge in [0.25, 0.3) is 0 Å². The molecule has 1 aliphatic carbocycles. The molecule has 1 atom stereocenters. The number of nitrogens with zero attached hydrogens (tertiary/aromatic N) is 2. The van der Waals surface area contributed by atoms with E-state index in [2.05, 4.69) is 55.6 Å². The Labute approximate surface area is 195 Å². The van der Waals surface area contributed by atoms with E-state index in [4.69, 9.17) is 11.6 Å². The molecule has 0 spiro atoms. The molecule has 0 radical (unpaired) electrons. The van der Waals surface area contributed by atoms with E-state index < -0.39 is 0 Å². The molecule has 1 aromatic heterocycles. The van der Waals surface area contributed by atoms with Crippen molar-refractivity contribution in [1.82, 2.24) is 20.2 Å². The molecule has 0 saturated heterocycles. The summed E-state index contributed by atoms with van der Waals surface area (Å²) in [7, 11) is 0. The minimum absolute atomic E-state index is 0.126. The summed E-state index contributed by atoms with van der Waals surface area (Å²) in [5.74, 6) is 0.0928. The Bertz CT molecular complexity index is 950. The summed E-state index contributed by atoms with van der Waals surface area (Å²) in [6.45, 7) is 12.8. The molecule has 0 bridgehead atoms. The molecule has 6 nitrogen and oxygen atoms in total. The maximum Gasteiger partial charge on any atom is 0.239 e. The highest BCUT2D eigenvalue weighted by Crippen LogP contribution is 2.29. The number of nitrogens with one attached hydrogen (secondary N) is 3. The molecule has 2 aromatic rings. The van der Waals surface area contributed by atoms with E-state index in [0.29, 0.717) is 17.3 Å². The number of amides is 1. The standard InChI is InChI=1S/C24H35ClFN5O/c1-23(2,3)13-27-14-24(4,5)31-12-21(29-15-31)30-22(32)11-28-18-7-6-16-8-17(26)9-20(25)19(16)10-18/h8-9,12,15,18,27-28H,6-7,10-11,13-14H2,1-5H3,(H,30,32). The smallest absolute Gasteiger partial charge is 0.239 e. The number of carbonyl (C=O) groups excluding carboxylic acids is 1. The van der Waals surface area contributed by atoms with Crippen LogP contribution >= 0.6 is 11.6 Å². The van der Waals surface area contributed by atoms with E-state index in [1.165, 1.54) is 6.07 Å². The van der Waals surface area contributed by atoms with Gasteiger partial charge in [-0.1, -0.05) is 32.4 Å². The van der Waals surface area contributed by atoms with Gasteiger partial charge < -0.3 is 20.5 Å². The van der Waals surface area contributed by atoms with Crippen LogP contribution in [0.25, 0.3) is 0 Å². The number of imidazole rings is 1. The first kappa shape index (κ1) is 24.7. The molecule has 1 aromatic carbocycles. The Balaban J connectivity index is 1.48. The number of aryl methyl sites for hydroxylation is 1. The van der Waals surface area contributed by atoms with Crippen molar-refractivity contribution in [3.05, 3.63) is 46.6 Å². The average Bonchev–Trinajstić information content (AvgIpc) is 3.14. The molecule has 176 valence electrons. The predicted molar refractivity (Wildman–Crippen MR) is 128 cm³/mol. The topological polar surface area (TPSA) is 71.0 Å². The van der Waals surface area contributed by atoms with Crippen molar-refractivity contribution in [2.24, 2.45) is 5.41 Å². The van der Waals surface area contributed by atoms with Gasteiger partial charge in [0, 0.05) is 30.4 Å². The summed E-state index contributed by atoms with van der Waals surface area (Å²) in [6, 6.07) is 3.04. The first-order valence-electron chi connectivity index (χ1n) is 11.2. The van der Waals surface area contributed by atoms with E-state index in [0.717, 1.165) is 37.1 Å². The van der Waals surface area contributed by atoms with Gasteiger partial charge in [-0.25, -0.2) is 9.37 Å². The number of hydrogen-bond donors (Lipinski definition) is 3. The zero-order chi connectivity index (χ0) is 23.5. The quantitative estimate of drug-likeness (QED) is 0.550. The molecule has 1 unspecified atom stereocenters. The Morgan fingerprint density at radius 2 is 2.00 bits per heavy atom. The number of hydrogen-bond acceptors (Lipinski definition) is 4. The lowest BCUT2D eigenvalue weighted by Crippen LogP contribution is -2.40. The van der Waals surface area contributed by atoms with Crippen molar-refractivity contribution in [3.8, 4) is 0 Å². The maximum atomic E-state index is 13.5. The lowest BCUT2D eigenvalue weighted by molar-refractivity contribution is -0.115. The zero-order valence-corrected chi connectivity index (χ0v) is 20.4. The molecular weight excluding hydrogens is 429 g/mol. The molecule has 1 amide bonds. The average molecular weight is 464 g/mol. The van der Waals surface area contributed by atoms with Gasteiger partial charge in [0.2, 0.25) is 5.91 Å². The van der Waals surface area contributed by atoms with Crippen molar-refractivity contribution in [2.75, 3.05) is 25.0 Å². The fourth-order valence-corrected chi connectivity index (χ4v) is 4.24. The van der Waals surface area contributed by atoms with E-state index in [-0.39, 0.29) is 35.3 Å². The van der Waals surface area contributed by atoms with Crippen LogP contribution in [0.1, 0.15) is 52.2 Å². The fourth-order valence-electron chi connectivity index (χ4n) is 3.94. The van der Waals surface area contributed by atoms with Gasteiger partial charge in [0.1, 0.15) is 5.82 Å². The summed E-state index contributed by atoms with van der Waals surface area (Å²) in [5.41, 5.74) is 1.98. The number of anilines is 1. The molecule has 1 heterocycles. The van der Waals surface area contributed by atoms with Crippen LogP contribution in [0.3, 0.4) is 0 Å². The van der Waals surface area contributed by atoms with E-state index in [1.54, 1.807) is 12.4 Å². The maximum absolute atomic E-state index is 13.5. The molecule has 0 aliphatic heterocycles. The first-order chi connectivity index (χ1) is 14.9. The Kier molecular flexibility index (Phi) is 7.63. The first-order valence-corrected chi connectivity index (χ1v) is 11.6. The molecule has 3 N–H and O–H groups in total. The van der Waals surface area contributed by atoms with Crippen LogP contribution in [0.15, 0.2) is 24.7 Å². The number of halogens is 2. The van der Waals surface area contributed by atoms with Crippen LogP contribution in [-0.4, -0.2) is 41.1 Å². The highest BCUT2D eigenvalue weighted by atomic mass is 35.5. The largest absolute Gasteiger partial charge is 0.328 e.